The number of rotatable bonds is 10. The van der Waals surface area contributed by atoms with Gasteiger partial charge in [0.15, 0.2) is 6.61 Å². The van der Waals surface area contributed by atoms with E-state index in [-0.39, 0.29) is 25.2 Å². The van der Waals surface area contributed by atoms with Crippen molar-refractivity contribution in [1.82, 2.24) is 10.2 Å². The van der Waals surface area contributed by atoms with Crippen molar-refractivity contribution in [3.8, 4) is 11.5 Å². The third-order valence-electron chi connectivity index (χ3n) is 5.36. The molecule has 3 rings (SSSR count). The largest absolute Gasteiger partial charge is 0.494 e. The molecule has 0 unspecified atom stereocenters. The van der Waals surface area contributed by atoms with Crippen LogP contribution < -0.4 is 14.8 Å². The fourth-order valence-electron chi connectivity index (χ4n) is 3.62. The molecule has 1 atom stereocenters. The van der Waals surface area contributed by atoms with Crippen molar-refractivity contribution in [3.05, 3.63) is 57.5 Å². The summed E-state index contributed by atoms with van der Waals surface area (Å²) >= 11 is 17.7. The number of amides is 1. The number of nitrogens with zero attached hydrogens (tertiary/aromatic N) is 1. The zero-order valence-corrected chi connectivity index (χ0v) is 20.1. The van der Waals surface area contributed by atoms with Crippen LogP contribution >= 0.6 is 34.8 Å². The number of benzene rings is 2. The van der Waals surface area contributed by atoms with Crippen LogP contribution in [-0.2, 0) is 9.59 Å². The number of hydrogen-bond donors (Lipinski definition) is 2. The van der Waals surface area contributed by atoms with Crippen molar-refractivity contribution in [2.24, 2.45) is 0 Å². The summed E-state index contributed by atoms with van der Waals surface area (Å²) in [5.74, 6) is -0.0228. The van der Waals surface area contributed by atoms with E-state index in [2.05, 4.69) is 5.32 Å². The minimum atomic E-state index is -0.882. The zero-order valence-electron chi connectivity index (χ0n) is 17.8. The second-order valence-corrected chi connectivity index (χ2v) is 8.94. The van der Waals surface area contributed by atoms with Gasteiger partial charge in [0.25, 0.3) is 5.91 Å². The lowest BCUT2D eigenvalue weighted by molar-refractivity contribution is -0.144. The Morgan fingerprint density at radius 1 is 1.00 bits per heavy atom. The van der Waals surface area contributed by atoms with E-state index in [1.807, 2.05) is 4.90 Å². The summed E-state index contributed by atoms with van der Waals surface area (Å²) in [6.07, 6.45) is 1.66. The van der Waals surface area contributed by atoms with Crippen LogP contribution in [0, 0.1) is 0 Å². The molecule has 0 aliphatic carbocycles. The number of likely N-dealkylation sites (tertiary alicyclic amines) is 1. The van der Waals surface area contributed by atoms with Crippen LogP contribution in [0.25, 0.3) is 0 Å². The second kappa shape index (κ2) is 12.3. The summed E-state index contributed by atoms with van der Waals surface area (Å²) in [4.78, 5) is 25.9. The van der Waals surface area contributed by atoms with Gasteiger partial charge in [-0.15, -0.1) is 0 Å². The Labute approximate surface area is 207 Å². The topological polar surface area (TPSA) is 88.1 Å². The van der Waals surface area contributed by atoms with Gasteiger partial charge in [0, 0.05) is 36.6 Å². The number of carboxylic acids is 1. The van der Waals surface area contributed by atoms with Crippen LogP contribution in [-0.4, -0.2) is 60.3 Å². The summed E-state index contributed by atoms with van der Waals surface area (Å²) < 4.78 is 11.1. The first-order chi connectivity index (χ1) is 15.8. The van der Waals surface area contributed by atoms with Gasteiger partial charge in [-0.1, -0.05) is 34.8 Å². The molecule has 0 bridgehead atoms. The van der Waals surface area contributed by atoms with Crippen molar-refractivity contribution in [3.63, 3.8) is 0 Å². The smallest absolute Gasteiger partial charge is 0.321 e. The number of halogens is 3. The van der Waals surface area contributed by atoms with Crippen LogP contribution in [0.2, 0.25) is 15.1 Å². The quantitative estimate of drug-likeness (QED) is 0.483. The number of carbonyl (C=O) groups is 2. The third-order valence-corrected chi connectivity index (χ3v) is 6.35. The Kier molecular flexibility index (Phi) is 9.50. The van der Waals surface area contributed by atoms with E-state index in [1.54, 1.807) is 42.5 Å². The first-order valence-electron chi connectivity index (χ1n) is 10.5. The van der Waals surface area contributed by atoms with E-state index in [9.17, 15) is 14.7 Å². The Morgan fingerprint density at radius 3 is 2.30 bits per heavy atom. The summed E-state index contributed by atoms with van der Waals surface area (Å²) in [5, 5.41) is 14.0. The molecule has 1 fully saturated rings. The van der Waals surface area contributed by atoms with Gasteiger partial charge in [-0.3, -0.25) is 14.5 Å². The highest BCUT2D eigenvalue weighted by molar-refractivity contribution is 6.42. The van der Waals surface area contributed by atoms with E-state index < -0.39 is 12.0 Å². The number of carbonyl (C=O) groups excluding carboxylic acids is 1. The number of carboxylic acid groups (broad SMARTS) is 1. The Hall–Kier alpha value is -2.19. The average molecular weight is 516 g/mol. The van der Waals surface area contributed by atoms with Gasteiger partial charge in [-0.25, -0.2) is 0 Å². The monoisotopic (exact) mass is 514 g/mol. The van der Waals surface area contributed by atoms with Crippen molar-refractivity contribution in [2.45, 2.75) is 31.3 Å². The Morgan fingerprint density at radius 2 is 1.67 bits per heavy atom. The fourth-order valence-corrected chi connectivity index (χ4v) is 4.04. The number of piperidine rings is 1. The van der Waals surface area contributed by atoms with Gasteiger partial charge >= 0.3 is 5.97 Å². The van der Waals surface area contributed by atoms with Crippen molar-refractivity contribution >= 4 is 46.7 Å². The molecule has 0 radical (unpaired) electrons. The van der Waals surface area contributed by atoms with E-state index in [0.717, 1.165) is 0 Å². The van der Waals surface area contributed by atoms with E-state index >= 15 is 0 Å². The third kappa shape index (κ3) is 7.96. The first kappa shape index (κ1) is 25.4. The summed E-state index contributed by atoms with van der Waals surface area (Å²) in [7, 11) is 0. The molecule has 0 spiro atoms. The molecule has 0 saturated carbocycles. The van der Waals surface area contributed by atoms with Gasteiger partial charge in [-0.05, 0) is 49.2 Å². The van der Waals surface area contributed by atoms with E-state index in [4.69, 9.17) is 44.3 Å². The van der Waals surface area contributed by atoms with Crippen molar-refractivity contribution < 1.29 is 24.2 Å². The molecular formula is C23H25Cl3N2O5. The lowest BCUT2D eigenvalue weighted by atomic mass is 10.0. The van der Waals surface area contributed by atoms with Crippen LogP contribution in [0.3, 0.4) is 0 Å². The minimum absolute atomic E-state index is 0.0362. The summed E-state index contributed by atoms with van der Waals surface area (Å²) in [5.41, 5.74) is 0. The van der Waals surface area contributed by atoms with Gasteiger partial charge in [0.1, 0.15) is 17.5 Å². The maximum atomic E-state index is 12.2. The lowest BCUT2D eigenvalue weighted by Crippen LogP contribution is -2.51. The standard InChI is InChI=1S/C23H25Cl3N2O5/c24-15-1-3-17(4-2-15)32-12-9-21(23(30)31)28-10-7-16(8-11-28)27-22(29)14-33-18-5-6-19(25)20(26)13-18/h1-6,13,16,21H,7-12,14H2,(H,27,29)(H,30,31)/t21-/m1/s1. The SMILES string of the molecule is O=C(COc1ccc(Cl)c(Cl)c1)NC1CCN([C@H](CCOc2ccc(Cl)cc2)C(=O)O)CC1. The van der Waals surface area contributed by atoms with Gasteiger partial charge in [-0.2, -0.15) is 0 Å². The fraction of sp³-hybridized carbons (Fsp3) is 0.391. The molecule has 1 aliphatic rings. The predicted octanol–water partition coefficient (Wildman–Crippen LogP) is 4.53. The van der Waals surface area contributed by atoms with Gasteiger partial charge < -0.3 is 19.9 Å². The molecule has 1 heterocycles. The molecule has 2 aromatic rings. The van der Waals surface area contributed by atoms with Crippen LogP contribution in [0.1, 0.15) is 19.3 Å². The number of aliphatic carboxylic acids is 1. The number of nitrogens with one attached hydrogen (secondary N) is 1. The summed E-state index contributed by atoms with van der Waals surface area (Å²) in [6, 6.07) is 11.1. The maximum Gasteiger partial charge on any atom is 0.321 e. The molecule has 2 aromatic carbocycles. The molecule has 7 nitrogen and oxygen atoms in total. The molecule has 178 valence electrons. The van der Waals surface area contributed by atoms with Crippen molar-refractivity contribution in [2.75, 3.05) is 26.3 Å². The van der Waals surface area contributed by atoms with E-state index in [1.165, 1.54) is 0 Å². The maximum absolute atomic E-state index is 12.2. The second-order valence-electron chi connectivity index (χ2n) is 7.69. The lowest BCUT2D eigenvalue weighted by Gasteiger charge is -2.35. The molecular weight excluding hydrogens is 491 g/mol. The van der Waals surface area contributed by atoms with Crippen LogP contribution in [0.5, 0.6) is 11.5 Å². The van der Waals surface area contributed by atoms with Crippen LogP contribution in [0.15, 0.2) is 42.5 Å². The Bertz CT molecular complexity index is 950. The van der Waals surface area contributed by atoms with Gasteiger partial charge in [0.05, 0.1) is 16.7 Å². The number of hydrogen-bond acceptors (Lipinski definition) is 5. The molecule has 2 N–H and O–H groups in total. The highest BCUT2D eigenvalue weighted by atomic mass is 35.5. The molecule has 0 aromatic heterocycles. The highest BCUT2D eigenvalue weighted by Gasteiger charge is 2.30. The van der Waals surface area contributed by atoms with E-state index in [0.29, 0.717) is 58.9 Å². The number of ether oxygens (including phenoxy) is 2. The zero-order chi connectivity index (χ0) is 23.8. The normalized spacial score (nSPS) is 15.6. The average Bonchev–Trinajstić information content (AvgIpc) is 2.79. The van der Waals surface area contributed by atoms with Gasteiger partial charge in [0.2, 0.25) is 0 Å². The first-order valence-corrected chi connectivity index (χ1v) is 11.7. The molecule has 1 amide bonds. The molecule has 33 heavy (non-hydrogen) atoms. The Balaban J connectivity index is 1.40. The highest BCUT2D eigenvalue weighted by Crippen LogP contribution is 2.26. The van der Waals surface area contributed by atoms with Crippen LogP contribution in [0.4, 0.5) is 0 Å². The molecule has 1 saturated heterocycles. The van der Waals surface area contributed by atoms with Crippen molar-refractivity contribution in [1.29, 1.82) is 0 Å². The molecule has 1 aliphatic heterocycles. The minimum Gasteiger partial charge on any atom is -0.494 e. The summed E-state index contributed by atoms with van der Waals surface area (Å²) in [6.45, 7) is 1.27. The predicted molar refractivity (Wildman–Crippen MR) is 128 cm³/mol. The molecule has 10 heteroatoms.